The van der Waals surface area contributed by atoms with Gasteiger partial charge >= 0.3 is 0 Å². The third-order valence-corrected chi connectivity index (χ3v) is 3.11. The first-order chi connectivity index (χ1) is 8.49. The number of nitrogens with zero attached hydrogens (tertiary/aromatic N) is 2. The number of nitrogens with two attached hydrogens (primary N) is 1. The molecule has 7 heteroatoms. The van der Waals surface area contributed by atoms with Crippen molar-refractivity contribution >= 4 is 24.0 Å². The van der Waals surface area contributed by atoms with Gasteiger partial charge in [-0.2, -0.15) is 0 Å². The lowest BCUT2D eigenvalue weighted by Gasteiger charge is -2.29. The number of hydrogen-bond donors (Lipinski definition) is 1. The van der Waals surface area contributed by atoms with Crippen LogP contribution >= 0.6 is 12.4 Å². The molecule has 1 atom stereocenters. The van der Waals surface area contributed by atoms with Gasteiger partial charge in [-0.3, -0.25) is 14.9 Å². The molecule has 1 aliphatic rings. The average molecular weight is 286 g/mol. The normalized spacial score (nSPS) is 15.2. The number of nitro groups is 1. The second-order valence-corrected chi connectivity index (χ2v) is 4.51. The molecule has 1 aromatic carbocycles. The number of carbonyl (C=O) groups excluding carboxylic acids is 1. The van der Waals surface area contributed by atoms with E-state index in [9.17, 15) is 14.9 Å². The summed E-state index contributed by atoms with van der Waals surface area (Å²) in [6, 6.07) is 4.27. The molecule has 19 heavy (non-hydrogen) atoms. The highest BCUT2D eigenvalue weighted by Crippen LogP contribution is 2.23. The first kappa shape index (κ1) is 15.4. The van der Waals surface area contributed by atoms with E-state index in [0.29, 0.717) is 19.5 Å². The maximum atomic E-state index is 11.8. The van der Waals surface area contributed by atoms with Crippen molar-refractivity contribution in [3.8, 4) is 0 Å². The summed E-state index contributed by atoms with van der Waals surface area (Å²) in [5.41, 5.74) is 7.53. The molecule has 0 aliphatic carbocycles. The van der Waals surface area contributed by atoms with Gasteiger partial charge in [0.15, 0.2) is 0 Å². The molecule has 0 saturated heterocycles. The monoisotopic (exact) mass is 285 g/mol. The molecule has 0 radical (unpaired) electrons. The Kier molecular flexibility index (Phi) is 4.85. The van der Waals surface area contributed by atoms with E-state index in [1.165, 1.54) is 12.1 Å². The van der Waals surface area contributed by atoms with Gasteiger partial charge in [0.1, 0.15) is 0 Å². The quantitative estimate of drug-likeness (QED) is 0.654. The lowest BCUT2D eigenvalue weighted by molar-refractivity contribution is -0.385. The summed E-state index contributed by atoms with van der Waals surface area (Å²) in [5, 5.41) is 10.7. The summed E-state index contributed by atoms with van der Waals surface area (Å²) >= 11 is 0. The van der Waals surface area contributed by atoms with Gasteiger partial charge in [-0.25, -0.2) is 0 Å². The van der Waals surface area contributed by atoms with Crippen LogP contribution in [0.15, 0.2) is 18.2 Å². The third-order valence-electron chi connectivity index (χ3n) is 3.11. The first-order valence-corrected chi connectivity index (χ1v) is 5.79. The number of benzene rings is 1. The van der Waals surface area contributed by atoms with Crippen molar-refractivity contribution in [2.24, 2.45) is 5.73 Å². The maximum absolute atomic E-state index is 11.8. The largest absolute Gasteiger partial charge is 0.337 e. The van der Waals surface area contributed by atoms with Gasteiger partial charge in [0.25, 0.3) is 5.69 Å². The van der Waals surface area contributed by atoms with Gasteiger partial charge in [0.2, 0.25) is 5.91 Å². The smallest absolute Gasteiger partial charge is 0.269 e. The average Bonchev–Trinajstić information content (AvgIpc) is 2.36. The number of fused-ring (bicyclic) bond motifs is 1. The molecule has 6 nitrogen and oxygen atoms in total. The van der Waals surface area contributed by atoms with Crippen LogP contribution in [0.25, 0.3) is 0 Å². The number of halogens is 1. The molecule has 0 bridgehead atoms. The third kappa shape index (κ3) is 3.21. The lowest BCUT2D eigenvalue weighted by Crippen LogP contribution is -2.44. The Balaban J connectivity index is 0.00000180. The summed E-state index contributed by atoms with van der Waals surface area (Å²) < 4.78 is 0. The van der Waals surface area contributed by atoms with E-state index in [-0.39, 0.29) is 24.0 Å². The number of carbonyl (C=O) groups is 1. The predicted molar refractivity (Wildman–Crippen MR) is 73.1 cm³/mol. The number of hydrogen-bond acceptors (Lipinski definition) is 4. The van der Waals surface area contributed by atoms with Gasteiger partial charge in [-0.05, 0) is 24.5 Å². The van der Waals surface area contributed by atoms with E-state index in [2.05, 4.69) is 0 Å². The Morgan fingerprint density at radius 1 is 1.47 bits per heavy atom. The topological polar surface area (TPSA) is 89.5 Å². The fourth-order valence-electron chi connectivity index (χ4n) is 2.13. The highest BCUT2D eigenvalue weighted by molar-refractivity contribution is 5.85. The highest BCUT2D eigenvalue weighted by atomic mass is 35.5. The lowest BCUT2D eigenvalue weighted by atomic mass is 9.98. The maximum Gasteiger partial charge on any atom is 0.269 e. The van der Waals surface area contributed by atoms with Crippen LogP contribution in [0, 0.1) is 10.1 Å². The Morgan fingerprint density at radius 3 is 2.74 bits per heavy atom. The van der Waals surface area contributed by atoms with Crippen molar-refractivity contribution in [2.75, 3.05) is 6.54 Å². The Labute approximate surface area is 117 Å². The van der Waals surface area contributed by atoms with Crippen LogP contribution in [0.5, 0.6) is 0 Å². The fourth-order valence-corrected chi connectivity index (χ4v) is 2.13. The molecule has 0 fully saturated rings. The standard InChI is InChI=1S/C12H15N3O3.ClH/c1-8(13)12(16)14-5-4-9-2-3-11(15(17)18)6-10(9)7-14;/h2-3,6,8H,4-5,7,13H2,1H3;1H/t8-;/m1./s1. The zero-order valence-electron chi connectivity index (χ0n) is 10.5. The molecule has 1 aliphatic heterocycles. The zero-order valence-corrected chi connectivity index (χ0v) is 11.4. The fraction of sp³-hybridized carbons (Fsp3) is 0.417. The van der Waals surface area contributed by atoms with E-state index < -0.39 is 11.0 Å². The molecule has 1 aromatic rings. The molecule has 104 valence electrons. The minimum absolute atomic E-state index is 0. The van der Waals surface area contributed by atoms with Gasteiger partial charge < -0.3 is 10.6 Å². The SMILES string of the molecule is C[C@@H](N)C(=O)N1CCc2ccc([N+](=O)[O-])cc2C1.Cl. The van der Waals surface area contributed by atoms with Crippen molar-refractivity contribution in [1.82, 2.24) is 4.90 Å². The van der Waals surface area contributed by atoms with Gasteiger partial charge in [0, 0.05) is 25.2 Å². The second kappa shape index (κ2) is 5.99. The molecule has 0 spiro atoms. The van der Waals surface area contributed by atoms with Crippen LogP contribution < -0.4 is 5.73 Å². The number of non-ortho nitro benzene ring substituents is 1. The molecule has 0 aromatic heterocycles. The molecule has 2 N–H and O–H groups in total. The Hall–Kier alpha value is -1.66. The van der Waals surface area contributed by atoms with E-state index in [1.54, 1.807) is 17.9 Å². The summed E-state index contributed by atoms with van der Waals surface area (Å²) in [6.45, 7) is 2.66. The van der Waals surface area contributed by atoms with Crippen molar-refractivity contribution in [2.45, 2.75) is 25.9 Å². The van der Waals surface area contributed by atoms with E-state index in [1.807, 2.05) is 0 Å². The Morgan fingerprint density at radius 2 is 2.16 bits per heavy atom. The predicted octanol–water partition coefficient (Wildman–Crippen LogP) is 1.25. The van der Waals surface area contributed by atoms with Crippen LogP contribution in [0.1, 0.15) is 18.1 Å². The minimum Gasteiger partial charge on any atom is -0.337 e. The highest BCUT2D eigenvalue weighted by Gasteiger charge is 2.24. The van der Waals surface area contributed by atoms with Gasteiger partial charge in [0.05, 0.1) is 11.0 Å². The van der Waals surface area contributed by atoms with Crippen molar-refractivity contribution in [3.05, 3.63) is 39.4 Å². The Bertz CT molecular complexity index is 505. The molecule has 1 heterocycles. The van der Waals surface area contributed by atoms with Crippen LogP contribution in [0.4, 0.5) is 5.69 Å². The van der Waals surface area contributed by atoms with Crippen LogP contribution in [-0.2, 0) is 17.8 Å². The van der Waals surface area contributed by atoms with E-state index in [0.717, 1.165) is 11.1 Å². The molecule has 0 unspecified atom stereocenters. The summed E-state index contributed by atoms with van der Waals surface area (Å²) in [5.74, 6) is -0.118. The van der Waals surface area contributed by atoms with E-state index in [4.69, 9.17) is 5.73 Å². The van der Waals surface area contributed by atoms with Crippen LogP contribution in [0.3, 0.4) is 0 Å². The summed E-state index contributed by atoms with van der Waals surface area (Å²) in [6.07, 6.45) is 0.714. The number of amides is 1. The van der Waals surface area contributed by atoms with Gasteiger partial charge in [-0.15, -0.1) is 12.4 Å². The molecular formula is C12H16ClN3O3. The van der Waals surface area contributed by atoms with Crippen LogP contribution in [0.2, 0.25) is 0 Å². The minimum atomic E-state index is -0.537. The summed E-state index contributed by atoms with van der Waals surface area (Å²) in [4.78, 5) is 23.7. The molecular weight excluding hydrogens is 270 g/mol. The van der Waals surface area contributed by atoms with Crippen molar-refractivity contribution in [1.29, 1.82) is 0 Å². The van der Waals surface area contributed by atoms with Gasteiger partial charge in [-0.1, -0.05) is 6.07 Å². The van der Waals surface area contributed by atoms with Crippen molar-refractivity contribution < 1.29 is 9.72 Å². The molecule has 1 amide bonds. The number of nitro benzene ring substituents is 1. The van der Waals surface area contributed by atoms with E-state index >= 15 is 0 Å². The number of rotatable bonds is 2. The van der Waals surface area contributed by atoms with Crippen molar-refractivity contribution in [3.63, 3.8) is 0 Å². The molecule has 2 rings (SSSR count). The van der Waals surface area contributed by atoms with Crippen LogP contribution in [-0.4, -0.2) is 28.3 Å². The molecule has 0 saturated carbocycles. The second-order valence-electron chi connectivity index (χ2n) is 4.51. The first-order valence-electron chi connectivity index (χ1n) is 5.79. The zero-order chi connectivity index (χ0) is 13.3. The summed E-state index contributed by atoms with van der Waals surface area (Å²) in [7, 11) is 0.